The molecule has 0 aliphatic heterocycles. The maximum atomic E-state index is 13.1. The molecule has 2 aromatic carbocycles. The number of amides is 2. The fourth-order valence-corrected chi connectivity index (χ4v) is 3.32. The minimum absolute atomic E-state index is 0.127. The maximum absolute atomic E-state index is 13.1. The largest absolute Gasteiger partial charge is 0.497 e. The molecule has 6 nitrogen and oxygen atoms in total. The first-order chi connectivity index (χ1) is 14.0. The summed E-state index contributed by atoms with van der Waals surface area (Å²) in [6.45, 7) is 5.20. The summed E-state index contributed by atoms with van der Waals surface area (Å²) >= 11 is 0. The van der Waals surface area contributed by atoms with Gasteiger partial charge in [-0.1, -0.05) is 42.0 Å². The van der Waals surface area contributed by atoms with E-state index in [4.69, 9.17) is 4.74 Å². The molecule has 1 unspecified atom stereocenters. The van der Waals surface area contributed by atoms with E-state index in [0.29, 0.717) is 13.1 Å². The van der Waals surface area contributed by atoms with Gasteiger partial charge in [-0.2, -0.15) is 0 Å². The first-order valence-corrected chi connectivity index (χ1v) is 9.74. The Kier molecular flexibility index (Phi) is 6.54. The first-order valence-electron chi connectivity index (χ1n) is 9.74. The summed E-state index contributed by atoms with van der Waals surface area (Å²) in [6.07, 6.45) is 3.62. The van der Waals surface area contributed by atoms with Crippen LogP contribution in [-0.4, -0.2) is 34.1 Å². The number of carbonyl (C=O) groups is 1. The second-order valence-electron chi connectivity index (χ2n) is 7.06. The predicted molar refractivity (Wildman–Crippen MR) is 114 cm³/mol. The number of nitrogens with one attached hydrogen (secondary N) is 1. The second kappa shape index (κ2) is 9.28. The Balaban J connectivity index is 1.83. The van der Waals surface area contributed by atoms with Crippen molar-refractivity contribution in [2.24, 2.45) is 7.05 Å². The fraction of sp³-hybridized carbons (Fsp3) is 0.304. The highest BCUT2D eigenvalue weighted by molar-refractivity contribution is 5.75. The zero-order chi connectivity index (χ0) is 20.8. The van der Waals surface area contributed by atoms with Crippen molar-refractivity contribution in [2.45, 2.75) is 26.4 Å². The number of imidazole rings is 1. The Morgan fingerprint density at radius 1 is 1.24 bits per heavy atom. The molecule has 0 aliphatic rings. The van der Waals surface area contributed by atoms with Crippen LogP contribution in [0.4, 0.5) is 4.79 Å². The van der Waals surface area contributed by atoms with Gasteiger partial charge in [0.25, 0.3) is 0 Å². The zero-order valence-electron chi connectivity index (χ0n) is 17.4. The highest BCUT2D eigenvalue weighted by Gasteiger charge is 2.23. The van der Waals surface area contributed by atoms with E-state index in [9.17, 15) is 4.79 Å². The first kappa shape index (κ1) is 20.5. The number of rotatable bonds is 7. The number of ether oxygens (including phenoxy) is 1. The number of aryl methyl sites for hydroxylation is 2. The Labute approximate surface area is 172 Å². The van der Waals surface area contributed by atoms with E-state index >= 15 is 0 Å². The van der Waals surface area contributed by atoms with Crippen LogP contribution < -0.4 is 10.1 Å². The molecule has 2 amide bonds. The second-order valence-corrected chi connectivity index (χ2v) is 7.06. The van der Waals surface area contributed by atoms with E-state index in [1.54, 1.807) is 18.2 Å². The van der Waals surface area contributed by atoms with Crippen molar-refractivity contribution in [1.82, 2.24) is 19.8 Å². The molecule has 0 fully saturated rings. The highest BCUT2D eigenvalue weighted by atomic mass is 16.5. The Morgan fingerprint density at radius 2 is 2.00 bits per heavy atom. The van der Waals surface area contributed by atoms with Crippen LogP contribution in [0, 0.1) is 6.92 Å². The molecule has 1 atom stereocenters. The quantitative estimate of drug-likeness (QED) is 0.660. The monoisotopic (exact) mass is 392 g/mol. The Hall–Kier alpha value is -3.28. The van der Waals surface area contributed by atoms with Gasteiger partial charge in [0, 0.05) is 32.5 Å². The van der Waals surface area contributed by atoms with Crippen LogP contribution in [0.15, 0.2) is 60.9 Å². The number of nitrogens with zero attached hydrogens (tertiary/aromatic N) is 3. The van der Waals surface area contributed by atoms with E-state index in [0.717, 1.165) is 22.7 Å². The summed E-state index contributed by atoms with van der Waals surface area (Å²) in [5, 5.41) is 3.16. The zero-order valence-corrected chi connectivity index (χ0v) is 17.4. The molecule has 6 heteroatoms. The van der Waals surface area contributed by atoms with E-state index in [-0.39, 0.29) is 12.1 Å². The molecule has 1 N–H and O–H groups in total. The Bertz CT molecular complexity index is 950. The number of carbonyl (C=O) groups excluding carboxylic acids is 1. The summed E-state index contributed by atoms with van der Waals surface area (Å²) in [7, 11) is 3.56. The molecule has 0 bridgehead atoms. The van der Waals surface area contributed by atoms with Crippen molar-refractivity contribution < 1.29 is 9.53 Å². The van der Waals surface area contributed by atoms with E-state index in [2.05, 4.69) is 29.4 Å². The lowest BCUT2D eigenvalue weighted by molar-refractivity contribution is 0.195. The number of hydrogen-bond acceptors (Lipinski definition) is 3. The van der Waals surface area contributed by atoms with Gasteiger partial charge < -0.3 is 19.5 Å². The molecular weight excluding hydrogens is 364 g/mol. The summed E-state index contributed by atoms with van der Waals surface area (Å²) in [4.78, 5) is 19.4. The molecule has 1 aromatic heterocycles. The van der Waals surface area contributed by atoms with Crippen LogP contribution in [-0.2, 0) is 13.6 Å². The van der Waals surface area contributed by atoms with Crippen molar-refractivity contribution >= 4 is 6.03 Å². The topological polar surface area (TPSA) is 59.4 Å². The summed E-state index contributed by atoms with van der Waals surface area (Å²) < 4.78 is 7.18. The van der Waals surface area contributed by atoms with Gasteiger partial charge in [-0.05, 0) is 37.1 Å². The van der Waals surface area contributed by atoms with Crippen molar-refractivity contribution in [2.75, 3.05) is 13.7 Å². The lowest BCUT2D eigenvalue weighted by Gasteiger charge is -2.26. The number of methoxy groups -OCH3 is 1. The van der Waals surface area contributed by atoms with Gasteiger partial charge in [0.05, 0.1) is 7.11 Å². The van der Waals surface area contributed by atoms with Crippen LogP contribution in [0.25, 0.3) is 0 Å². The van der Waals surface area contributed by atoms with Gasteiger partial charge in [0.15, 0.2) is 0 Å². The summed E-state index contributed by atoms with van der Waals surface area (Å²) in [5.41, 5.74) is 3.24. The molecular formula is C23H28N4O2. The fourth-order valence-electron chi connectivity index (χ4n) is 3.32. The Morgan fingerprint density at radius 3 is 2.59 bits per heavy atom. The molecule has 0 aliphatic carbocycles. The summed E-state index contributed by atoms with van der Waals surface area (Å²) in [5.74, 6) is 1.54. The summed E-state index contributed by atoms with van der Waals surface area (Å²) in [6, 6.07) is 15.4. The van der Waals surface area contributed by atoms with E-state index in [1.165, 1.54) is 5.56 Å². The molecule has 0 spiro atoms. The van der Waals surface area contributed by atoms with Gasteiger partial charge in [0.1, 0.15) is 17.6 Å². The third-order valence-electron chi connectivity index (χ3n) is 4.96. The molecule has 3 aromatic rings. The lowest BCUT2D eigenvalue weighted by atomic mass is 10.1. The molecule has 0 saturated heterocycles. The third kappa shape index (κ3) is 4.96. The van der Waals surface area contributed by atoms with Crippen LogP contribution in [0.2, 0.25) is 0 Å². The van der Waals surface area contributed by atoms with Gasteiger partial charge in [-0.15, -0.1) is 0 Å². The number of benzene rings is 2. The van der Waals surface area contributed by atoms with Crippen molar-refractivity contribution in [3.8, 4) is 5.75 Å². The average molecular weight is 393 g/mol. The number of hydrogen-bond donors (Lipinski definition) is 1. The van der Waals surface area contributed by atoms with E-state index in [1.807, 2.05) is 61.1 Å². The van der Waals surface area contributed by atoms with Gasteiger partial charge in [-0.3, -0.25) is 0 Å². The molecule has 152 valence electrons. The number of aromatic nitrogens is 2. The smallest absolute Gasteiger partial charge is 0.318 e. The standard InChI is InChI=1S/C23H28N4O2/c1-5-27(16-18-8-6-7-17(2)15-18)23(28)25-21(22-24-13-14-26(22)3)19-9-11-20(29-4)12-10-19/h6-15,21H,5,16H2,1-4H3,(H,25,28). The molecule has 3 rings (SSSR count). The van der Waals surface area contributed by atoms with Crippen LogP contribution in [0.1, 0.15) is 35.5 Å². The van der Waals surface area contributed by atoms with Crippen LogP contribution in [0.3, 0.4) is 0 Å². The number of urea groups is 1. The van der Waals surface area contributed by atoms with Crippen molar-refractivity contribution in [1.29, 1.82) is 0 Å². The average Bonchev–Trinajstić information content (AvgIpc) is 3.15. The molecule has 0 radical (unpaired) electrons. The van der Waals surface area contributed by atoms with Crippen molar-refractivity contribution in [3.63, 3.8) is 0 Å². The normalized spacial score (nSPS) is 11.7. The minimum atomic E-state index is -0.361. The van der Waals surface area contributed by atoms with Crippen LogP contribution >= 0.6 is 0 Å². The van der Waals surface area contributed by atoms with E-state index < -0.39 is 0 Å². The minimum Gasteiger partial charge on any atom is -0.497 e. The predicted octanol–water partition coefficient (Wildman–Crippen LogP) is 4.06. The molecule has 1 heterocycles. The lowest BCUT2D eigenvalue weighted by Crippen LogP contribution is -2.42. The van der Waals surface area contributed by atoms with Gasteiger partial charge >= 0.3 is 6.03 Å². The van der Waals surface area contributed by atoms with Crippen LogP contribution in [0.5, 0.6) is 5.75 Å². The molecule has 29 heavy (non-hydrogen) atoms. The highest BCUT2D eigenvalue weighted by Crippen LogP contribution is 2.23. The maximum Gasteiger partial charge on any atom is 0.318 e. The van der Waals surface area contributed by atoms with Gasteiger partial charge in [0.2, 0.25) is 0 Å². The van der Waals surface area contributed by atoms with Gasteiger partial charge in [-0.25, -0.2) is 9.78 Å². The SMILES string of the molecule is CCN(Cc1cccc(C)c1)C(=O)NC(c1ccc(OC)cc1)c1nccn1C. The molecule has 0 saturated carbocycles. The third-order valence-corrected chi connectivity index (χ3v) is 4.96. The van der Waals surface area contributed by atoms with Crippen molar-refractivity contribution in [3.05, 3.63) is 83.4 Å².